The van der Waals surface area contributed by atoms with E-state index in [1.807, 2.05) is 0 Å². The molecule has 1 fully saturated rings. The van der Waals surface area contributed by atoms with Crippen molar-refractivity contribution in [1.82, 2.24) is 5.32 Å². The van der Waals surface area contributed by atoms with Crippen molar-refractivity contribution in [2.75, 3.05) is 13.7 Å². The molecule has 1 amide bonds. The van der Waals surface area contributed by atoms with Crippen LogP contribution in [0.2, 0.25) is 0 Å². The van der Waals surface area contributed by atoms with Crippen LogP contribution in [0.5, 0.6) is 5.75 Å². The van der Waals surface area contributed by atoms with Gasteiger partial charge in [-0.05, 0) is 30.5 Å². The quantitative estimate of drug-likeness (QED) is 0.867. The summed E-state index contributed by atoms with van der Waals surface area (Å²) in [5.74, 6) is 0.381. The van der Waals surface area contributed by atoms with E-state index < -0.39 is 11.5 Å². The fraction of sp³-hybridized carbons (Fsp3) is 0.500. The second-order valence-corrected chi connectivity index (χ2v) is 5.40. The summed E-state index contributed by atoms with van der Waals surface area (Å²) in [6.07, 6.45) is 2.19. The molecule has 0 aliphatic heterocycles. The number of amides is 1. The zero-order valence-electron chi connectivity index (χ0n) is 12.1. The Morgan fingerprint density at radius 1 is 1.52 bits per heavy atom. The first-order valence-electron chi connectivity index (χ1n) is 7.13. The molecule has 1 unspecified atom stereocenters. The predicted octanol–water partition coefficient (Wildman–Crippen LogP) is 1.93. The number of ether oxygens (including phenoxy) is 1. The first-order chi connectivity index (χ1) is 10.1. The van der Waals surface area contributed by atoms with Crippen molar-refractivity contribution in [1.29, 1.82) is 5.26 Å². The molecule has 0 bridgehead atoms. The highest BCUT2D eigenvalue weighted by atomic mass is 16.5. The first kappa shape index (κ1) is 15.3. The molecule has 0 saturated heterocycles. The molecule has 5 nitrogen and oxygen atoms in total. The maximum absolute atomic E-state index is 12.2. The summed E-state index contributed by atoms with van der Waals surface area (Å²) in [6, 6.07) is 9.22. The van der Waals surface area contributed by atoms with Gasteiger partial charge in [-0.1, -0.05) is 25.0 Å². The SMILES string of the molecule is COc1cccc(C(O)CNC(=O)C2(C#N)CCCC2)c1. The van der Waals surface area contributed by atoms with E-state index in [0.717, 1.165) is 12.8 Å². The van der Waals surface area contributed by atoms with Gasteiger partial charge >= 0.3 is 0 Å². The summed E-state index contributed by atoms with van der Waals surface area (Å²) in [5, 5.41) is 22.1. The Bertz CT molecular complexity index is 545. The lowest BCUT2D eigenvalue weighted by molar-refractivity contribution is -0.128. The maximum Gasteiger partial charge on any atom is 0.240 e. The average molecular weight is 288 g/mol. The molecule has 0 heterocycles. The molecule has 2 rings (SSSR count). The van der Waals surface area contributed by atoms with Crippen LogP contribution in [0.25, 0.3) is 0 Å². The summed E-state index contributed by atoms with van der Waals surface area (Å²) < 4.78 is 5.10. The lowest BCUT2D eigenvalue weighted by atomic mass is 9.87. The number of methoxy groups -OCH3 is 1. The summed E-state index contributed by atoms with van der Waals surface area (Å²) in [6.45, 7) is 0.0927. The zero-order chi connectivity index (χ0) is 15.3. The molecule has 112 valence electrons. The minimum atomic E-state index is -0.909. The van der Waals surface area contributed by atoms with Crippen LogP contribution in [-0.4, -0.2) is 24.7 Å². The van der Waals surface area contributed by atoms with Gasteiger partial charge in [0, 0.05) is 6.54 Å². The van der Waals surface area contributed by atoms with Gasteiger partial charge in [0.15, 0.2) is 0 Å². The molecule has 1 aliphatic rings. The highest BCUT2D eigenvalue weighted by Crippen LogP contribution is 2.37. The van der Waals surface area contributed by atoms with E-state index in [9.17, 15) is 15.2 Å². The van der Waals surface area contributed by atoms with Gasteiger partial charge in [0.1, 0.15) is 11.2 Å². The minimum Gasteiger partial charge on any atom is -0.497 e. The number of carbonyl (C=O) groups is 1. The number of hydrogen-bond donors (Lipinski definition) is 2. The monoisotopic (exact) mass is 288 g/mol. The Kier molecular flexibility index (Phi) is 4.81. The molecule has 0 spiro atoms. The number of rotatable bonds is 5. The van der Waals surface area contributed by atoms with Gasteiger partial charge < -0.3 is 15.2 Å². The number of carbonyl (C=O) groups excluding carboxylic acids is 1. The highest BCUT2D eigenvalue weighted by molar-refractivity contribution is 5.85. The van der Waals surface area contributed by atoms with E-state index in [2.05, 4.69) is 11.4 Å². The van der Waals surface area contributed by atoms with Crippen molar-refractivity contribution >= 4 is 5.91 Å². The Balaban J connectivity index is 1.96. The van der Waals surface area contributed by atoms with Gasteiger partial charge in [-0.25, -0.2) is 0 Å². The fourth-order valence-corrected chi connectivity index (χ4v) is 2.69. The average Bonchev–Trinajstić information content (AvgIpc) is 3.02. The molecule has 1 saturated carbocycles. The number of nitrogens with zero attached hydrogens (tertiary/aromatic N) is 1. The summed E-state index contributed by atoms with van der Waals surface area (Å²) >= 11 is 0. The number of nitrogens with one attached hydrogen (secondary N) is 1. The molecule has 5 heteroatoms. The van der Waals surface area contributed by atoms with Gasteiger partial charge in [0.05, 0.1) is 19.3 Å². The Morgan fingerprint density at radius 2 is 2.24 bits per heavy atom. The Morgan fingerprint density at radius 3 is 2.86 bits per heavy atom. The van der Waals surface area contributed by atoms with Crippen molar-refractivity contribution in [3.05, 3.63) is 29.8 Å². The van der Waals surface area contributed by atoms with E-state index in [1.54, 1.807) is 31.4 Å². The number of aliphatic hydroxyl groups excluding tert-OH is 1. The summed E-state index contributed by atoms with van der Waals surface area (Å²) in [5.41, 5.74) is -0.235. The highest BCUT2D eigenvalue weighted by Gasteiger charge is 2.41. The second kappa shape index (κ2) is 6.59. The molecular formula is C16H20N2O3. The normalized spacial score (nSPS) is 17.8. The molecule has 1 aliphatic carbocycles. The van der Waals surface area contributed by atoms with Crippen molar-refractivity contribution in [2.24, 2.45) is 5.41 Å². The molecule has 0 aromatic heterocycles. The fourth-order valence-electron chi connectivity index (χ4n) is 2.69. The largest absolute Gasteiger partial charge is 0.497 e. The van der Waals surface area contributed by atoms with E-state index in [1.165, 1.54) is 0 Å². The van der Waals surface area contributed by atoms with E-state index in [-0.39, 0.29) is 12.5 Å². The Hall–Kier alpha value is -2.06. The third-order valence-corrected chi connectivity index (χ3v) is 4.04. The van der Waals surface area contributed by atoms with Crippen molar-refractivity contribution in [2.45, 2.75) is 31.8 Å². The van der Waals surface area contributed by atoms with Crippen LogP contribution in [0.3, 0.4) is 0 Å². The maximum atomic E-state index is 12.2. The standard InChI is InChI=1S/C16H20N2O3/c1-21-13-6-4-5-12(9-13)14(19)10-18-15(20)16(11-17)7-2-3-8-16/h4-6,9,14,19H,2-3,7-8,10H2,1H3,(H,18,20). The lowest BCUT2D eigenvalue weighted by Crippen LogP contribution is -2.40. The van der Waals surface area contributed by atoms with Crippen molar-refractivity contribution in [3.63, 3.8) is 0 Å². The van der Waals surface area contributed by atoms with Gasteiger partial charge in [0.25, 0.3) is 0 Å². The molecule has 1 aromatic carbocycles. The molecule has 21 heavy (non-hydrogen) atoms. The molecule has 1 atom stereocenters. The van der Waals surface area contributed by atoms with Crippen LogP contribution in [0.1, 0.15) is 37.4 Å². The second-order valence-electron chi connectivity index (χ2n) is 5.40. The number of aliphatic hydroxyl groups is 1. The first-order valence-corrected chi connectivity index (χ1v) is 7.13. The number of hydrogen-bond acceptors (Lipinski definition) is 4. The van der Waals surface area contributed by atoms with Crippen LogP contribution in [0, 0.1) is 16.7 Å². The molecule has 1 aromatic rings. The number of nitriles is 1. The minimum absolute atomic E-state index is 0.0927. The van der Waals surface area contributed by atoms with Crippen molar-refractivity contribution in [3.8, 4) is 11.8 Å². The predicted molar refractivity (Wildman–Crippen MR) is 77.5 cm³/mol. The lowest BCUT2D eigenvalue weighted by Gasteiger charge is -2.21. The molecular weight excluding hydrogens is 268 g/mol. The van der Waals surface area contributed by atoms with Crippen LogP contribution in [-0.2, 0) is 4.79 Å². The van der Waals surface area contributed by atoms with E-state index in [0.29, 0.717) is 24.2 Å². The zero-order valence-corrected chi connectivity index (χ0v) is 12.1. The van der Waals surface area contributed by atoms with Crippen LogP contribution < -0.4 is 10.1 Å². The Labute approximate surface area is 124 Å². The van der Waals surface area contributed by atoms with Crippen LogP contribution in [0.4, 0.5) is 0 Å². The van der Waals surface area contributed by atoms with Gasteiger partial charge in [-0.15, -0.1) is 0 Å². The third kappa shape index (κ3) is 3.34. The summed E-state index contributed by atoms with van der Waals surface area (Å²) in [4.78, 5) is 12.2. The molecule has 2 N–H and O–H groups in total. The van der Waals surface area contributed by atoms with Crippen LogP contribution >= 0.6 is 0 Å². The van der Waals surface area contributed by atoms with Gasteiger partial charge in [0.2, 0.25) is 5.91 Å². The third-order valence-electron chi connectivity index (χ3n) is 4.04. The smallest absolute Gasteiger partial charge is 0.240 e. The van der Waals surface area contributed by atoms with E-state index >= 15 is 0 Å². The van der Waals surface area contributed by atoms with Gasteiger partial charge in [-0.3, -0.25) is 4.79 Å². The van der Waals surface area contributed by atoms with Crippen molar-refractivity contribution < 1.29 is 14.6 Å². The number of benzene rings is 1. The van der Waals surface area contributed by atoms with Crippen LogP contribution in [0.15, 0.2) is 24.3 Å². The van der Waals surface area contributed by atoms with E-state index in [4.69, 9.17) is 4.74 Å². The van der Waals surface area contributed by atoms with Gasteiger partial charge in [-0.2, -0.15) is 5.26 Å². The topological polar surface area (TPSA) is 82.3 Å². The molecule has 0 radical (unpaired) electrons. The summed E-state index contributed by atoms with van der Waals surface area (Å²) in [7, 11) is 1.56.